The van der Waals surface area contributed by atoms with Crippen LogP contribution < -0.4 is 15.2 Å². The molecule has 1 aromatic carbocycles. The molecule has 2 aliphatic heterocycles. The summed E-state index contributed by atoms with van der Waals surface area (Å²) < 4.78 is 11.5. The van der Waals surface area contributed by atoms with Crippen molar-refractivity contribution in [2.75, 3.05) is 14.2 Å². The molecular weight excluding hydrogens is 344 g/mol. The van der Waals surface area contributed by atoms with E-state index in [0.717, 1.165) is 11.1 Å². The fourth-order valence-electron chi connectivity index (χ4n) is 3.92. The summed E-state index contributed by atoms with van der Waals surface area (Å²) in [6.45, 7) is 3.90. The highest BCUT2D eigenvalue weighted by Crippen LogP contribution is 2.50. The van der Waals surface area contributed by atoms with Crippen molar-refractivity contribution >= 4 is 11.9 Å². The average Bonchev–Trinajstić information content (AvgIpc) is 2.85. The Morgan fingerprint density at radius 2 is 2.07 bits per heavy atom. The molecule has 3 heterocycles. The van der Waals surface area contributed by atoms with Gasteiger partial charge in [0, 0.05) is 30.8 Å². The van der Waals surface area contributed by atoms with Crippen LogP contribution in [0.2, 0.25) is 0 Å². The van der Waals surface area contributed by atoms with Gasteiger partial charge in [-0.15, -0.1) is 0 Å². The summed E-state index contributed by atoms with van der Waals surface area (Å²) in [5.41, 5.74) is 6.78. The third-order valence-corrected chi connectivity index (χ3v) is 5.08. The lowest BCUT2D eigenvalue weighted by Gasteiger charge is -2.41. The Bertz CT molecular complexity index is 969. The third kappa shape index (κ3) is 2.53. The van der Waals surface area contributed by atoms with E-state index in [9.17, 15) is 4.79 Å². The first-order chi connectivity index (χ1) is 12.8. The number of aliphatic imine (C=N–C) groups is 1. The normalized spacial score (nSPS) is 23.0. The molecule has 7 nitrogen and oxygen atoms in total. The number of carbonyl (C=O) groups is 1. The van der Waals surface area contributed by atoms with Crippen molar-refractivity contribution in [1.82, 2.24) is 9.88 Å². The van der Waals surface area contributed by atoms with Gasteiger partial charge >= 0.3 is 0 Å². The van der Waals surface area contributed by atoms with Crippen LogP contribution in [0.4, 0.5) is 0 Å². The van der Waals surface area contributed by atoms with Gasteiger partial charge in [0.1, 0.15) is 11.4 Å². The molecule has 0 bridgehead atoms. The zero-order valence-corrected chi connectivity index (χ0v) is 15.8. The van der Waals surface area contributed by atoms with Crippen LogP contribution >= 0.6 is 0 Å². The van der Waals surface area contributed by atoms with Gasteiger partial charge in [0.2, 0.25) is 5.88 Å². The van der Waals surface area contributed by atoms with Crippen LogP contribution in [-0.2, 0) is 10.3 Å². The Hall–Kier alpha value is -3.09. The maximum atomic E-state index is 13.2. The molecule has 7 heteroatoms. The van der Waals surface area contributed by atoms with E-state index in [0.29, 0.717) is 23.6 Å². The predicted molar refractivity (Wildman–Crippen MR) is 102 cm³/mol. The minimum absolute atomic E-state index is 0.145. The highest BCUT2D eigenvalue weighted by molar-refractivity contribution is 6.07. The molecule has 4 rings (SSSR count). The number of fused-ring (bicyclic) bond motifs is 2. The van der Waals surface area contributed by atoms with E-state index < -0.39 is 11.1 Å². The monoisotopic (exact) mass is 366 g/mol. The number of carbonyl (C=O) groups excluding carboxylic acids is 1. The van der Waals surface area contributed by atoms with Crippen LogP contribution in [0.15, 0.2) is 41.5 Å². The lowest BCUT2D eigenvalue weighted by atomic mass is 9.77. The maximum absolute atomic E-state index is 13.2. The summed E-state index contributed by atoms with van der Waals surface area (Å²) >= 11 is 0. The van der Waals surface area contributed by atoms with Crippen molar-refractivity contribution in [3.8, 4) is 22.8 Å². The van der Waals surface area contributed by atoms with Gasteiger partial charge in [0.05, 0.1) is 7.11 Å². The molecule has 0 radical (unpaired) electrons. The van der Waals surface area contributed by atoms with Gasteiger partial charge in [-0.25, -0.2) is 9.98 Å². The first-order valence-corrected chi connectivity index (χ1v) is 8.74. The van der Waals surface area contributed by atoms with Gasteiger partial charge in [0.15, 0.2) is 11.5 Å². The maximum Gasteiger partial charge on any atom is 0.261 e. The van der Waals surface area contributed by atoms with Gasteiger partial charge in [-0.2, -0.15) is 0 Å². The summed E-state index contributed by atoms with van der Waals surface area (Å²) in [7, 11) is 3.23. The molecule has 2 aromatic rings. The summed E-state index contributed by atoms with van der Waals surface area (Å²) in [5, 5.41) is 0. The molecule has 2 N–H and O–H groups in total. The number of rotatable bonds is 2. The zero-order valence-electron chi connectivity index (χ0n) is 15.8. The Labute approximate surface area is 157 Å². The zero-order chi connectivity index (χ0) is 19.4. The molecule has 27 heavy (non-hydrogen) atoms. The molecule has 0 fully saturated rings. The van der Waals surface area contributed by atoms with Gasteiger partial charge < -0.3 is 15.2 Å². The Morgan fingerprint density at radius 1 is 1.30 bits per heavy atom. The van der Waals surface area contributed by atoms with E-state index in [4.69, 9.17) is 15.2 Å². The van der Waals surface area contributed by atoms with E-state index in [1.54, 1.807) is 20.4 Å². The second-order valence-electron chi connectivity index (χ2n) is 7.50. The number of pyridine rings is 1. The molecule has 140 valence electrons. The van der Waals surface area contributed by atoms with Crippen LogP contribution in [0.5, 0.6) is 11.6 Å². The molecule has 0 saturated carbocycles. The summed E-state index contributed by atoms with van der Waals surface area (Å²) in [5.74, 6) is 1.22. The van der Waals surface area contributed by atoms with Crippen LogP contribution in [-0.4, -0.2) is 41.5 Å². The fourth-order valence-corrected chi connectivity index (χ4v) is 3.92. The van der Waals surface area contributed by atoms with E-state index in [1.807, 2.05) is 44.2 Å². The Morgan fingerprint density at radius 3 is 2.74 bits per heavy atom. The molecule has 1 aromatic heterocycles. The van der Waals surface area contributed by atoms with Crippen molar-refractivity contribution in [3.05, 3.63) is 42.1 Å². The first kappa shape index (κ1) is 17.3. The lowest BCUT2D eigenvalue weighted by molar-refractivity contribution is -0.133. The first-order valence-electron chi connectivity index (χ1n) is 8.74. The quantitative estimate of drug-likeness (QED) is 0.881. The molecule has 1 amide bonds. The predicted octanol–water partition coefficient (Wildman–Crippen LogP) is 2.30. The van der Waals surface area contributed by atoms with Gasteiger partial charge in [-0.3, -0.25) is 9.69 Å². The SMILES string of the molecule is COc1ncccc1-c1ccc2c(c1)C1(CC(C)(C)O2)N=C(N)N(C)C1=O. The second-order valence-corrected chi connectivity index (χ2v) is 7.50. The number of hydrogen-bond donors (Lipinski definition) is 1. The van der Waals surface area contributed by atoms with E-state index >= 15 is 0 Å². The molecule has 2 aliphatic rings. The van der Waals surface area contributed by atoms with Crippen LogP contribution in [0.25, 0.3) is 11.1 Å². The van der Waals surface area contributed by atoms with E-state index in [1.165, 1.54) is 4.90 Å². The second kappa shape index (κ2) is 5.70. The number of hydrogen-bond acceptors (Lipinski definition) is 6. The number of nitrogens with two attached hydrogens (primary N) is 1. The van der Waals surface area contributed by atoms with Gasteiger partial charge in [0.25, 0.3) is 5.91 Å². The molecule has 1 atom stereocenters. The largest absolute Gasteiger partial charge is 0.487 e. The Balaban J connectivity index is 1.94. The topological polar surface area (TPSA) is 90.0 Å². The number of amides is 1. The molecule has 1 spiro atoms. The number of benzene rings is 1. The summed E-state index contributed by atoms with van der Waals surface area (Å²) in [6.07, 6.45) is 2.08. The van der Waals surface area contributed by atoms with Crippen molar-refractivity contribution in [2.45, 2.75) is 31.4 Å². The summed E-state index contributed by atoms with van der Waals surface area (Å²) in [6, 6.07) is 9.50. The van der Waals surface area contributed by atoms with Crippen LogP contribution in [0, 0.1) is 0 Å². The van der Waals surface area contributed by atoms with Gasteiger partial charge in [-0.1, -0.05) is 6.07 Å². The van der Waals surface area contributed by atoms with Crippen molar-refractivity contribution < 1.29 is 14.3 Å². The highest BCUT2D eigenvalue weighted by atomic mass is 16.5. The highest BCUT2D eigenvalue weighted by Gasteiger charge is 2.55. The van der Waals surface area contributed by atoms with Gasteiger partial charge in [-0.05, 0) is 43.7 Å². The minimum Gasteiger partial charge on any atom is -0.487 e. The Kier molecular flexibility index (Phi) is 3.66. The number of ether oxygens (including phenoxy) is 2. The van der Waals surface area contributed by atoms with Crippen LogP contribution in [0.1, 0.15) is 25.8 Å². The number of guanidine groups is 1. The molecule has 1 unspecified atom stereocenters. The number of aromatic nitrogens is 1. The van der Waals surface area contributed by atoms with Crippen molar-refractivity contribution in [3.63, 3.8) is 0 Å². The standard InChI is InChI=1S/C20H22N4O3/c1-19(2)11-20(17(25)24(3)18(21)23-20)14-10-12(7-8-15(14)27-19)13-6-5-9-22-16(13)26-4/h5-10H,11H2,1-4H3,(H2,21,23). The van der Waals surface area contributed by atoms with E-state index in [2.05, 4.69) is 9.98 Å². The van der Waals surface area contributed by atoms with E-state index in [-0.39, 0.29) is 11.9 Å². The molecule has 0 aliphatic carbocycles. The lowest BCUT2D eigenvalue weighted by Crippen LogP contribution is -2.49. The number of nitrogens with zero attached hydrogens (tertiary/aromatic N) is 3. The van der Waals surface area contributed by atoms with Crippen molar-refractivity contribution in [1.29, 1.82) is 0 Å². The third-order valence-electron chi connectivity index (χ3n) is 5.08. The smallest absolute Gasteiger partial charge is 0.261 e. The molecule has 0 saturated heterocycles. The van der Waals surface area contributed by atoms with Crippen molar-refractivity contribution in [2.24, 2.45) is 10.7 Å². The molecular formula is C20H22N4O3. The fraction of sp³-hybridized carbons (Fsp3) is 0.350. The summed E-state index contributed by atoms with van der Waals surface area (Å²) in [4.78, 5) is 23.4. The number of methoxy groups -OCH3 is 1. The minimum atomic E-state index is -1.08. The number of likely N-dealkylation sites (N-methyl/N-ethyl adjacent to an activating group) is 1. The average molecular weight is 366 g/mol. The van der Waals surface area contributed by atoms with Crippen LogP contribution in [0.3, 0.4) is 0 Å².